The molecule has 0 aliphatic rings. The third-order valence-corrected chi connectivity index (χ3v) is 4.22. The number of non-ortho nitro benzene ring substituents is 1. The normalized spacial score (nSPS) is 10.0. The average Bonchev–Trinajstić information content (AvgIpc) is 2.64. The highest BCUT2D eigenvalue weighted by Gasteiger charge is 2.08. The van der Waals surface area contributed by atoms with Gasteiger partial charge in [0, 0.05) is 17.0 Å². The number of amides is 2. The second kappa shape index (κ2) is 9.42. The van der Waals surface area contributed by atoms with Crippen LogP contribution >= 0.6 is 11.8 Å². The summed E-state index contributed by atoms with van der Waals surface area (Å²) < 4.78 is 5.37. The molecular weight excluding hydrogens is 358 g/mol. The Bertz CT molecular complexity index is 795. The number of nitrogens with zero attached hydrogens (tertiary/aromatic N) is 1. The third-order valence-electron chi connectivity index (χ3n) is 3.21. The van der Waals surface area contributed by atoms with Gasteiger partial charge in [-0.15, -0.1) is 11.8 Å². The fraction of sp³-hybridized carbons (Fsp3) is 0.176. The molecule has 0 saturated carbocycles. The summed E-state index contributed by atoms with van der Waals surface area (Å²) in [6, 6.07) is 13.1. The molecular formula is C17H17N3O5S. The van der Waals surface area contributed by atoms with E-state index in [9.17, 15) is 19.7 Å². The second-order valence-electron chi connectivity index (χ2n) is 5.19. The van der Waals surface area contributed by atoms with Crippen molar-refractivity contribution in [2.24, 2.45) is 0 Å². The van der Waals surface area contributed by atoms with E-state index >= 15 is 0 Å². The van der Waals surface area contributed by atoms with E-state index in [1.54, 1.807) is 24.3 Å². The fourth-order valence-electron chi connectivity index (χ4n) is 1.89. The zero-order valence-electron chi connectivity index (χ0n) is 13.9. The van der Waals surface area contributed by atoms with Gasteiger partial charge in [-0.25, -0.2) is 0 Å². The van der Waals surface area contributed by atoms with Gasteiger partial charge >= 0.3 is 0 Å². The topological polar surface area (TPSA) is 111 Å². The average molecular weight is 375 g/mol. The summed E-state index contributed by atoms with van der Waals surface area (Å²) in [7, 11) is 0. The Labute approximate surface area is 154 Å². The van der Waals surface area contributed by atoms with Gasteiger partial charge < -0.3 is 4.74 Å². The van der Waals surface area contributed by atoms with Crippen molar-refractivity contribution in [3.63, 3.8) is 0 Å². The number of para-hydroxylation sites is 1. The predicted molar refractivity (Wildman–Crippen MR) is 96.8 cm³/mol. The number of nitro benzene ring substituents is 1. The lowest BCUT2D eigenvalue weighted by molar-refractivity contribution is -0.384. The quantitative estimate of drug-likeness (QED) is 0.436. The first-order valence-electron chi connectivity index (χ1n) is 7.59. The first-order chi connectivity index (χ1) is 12.5. The number of aryl methyl sites for hydroxylation is 1. The van der Waals surface area contributed by atoms with E-state index in [1.807, 2.05) is 19.1 Å². The monoisotopic (exact) mass is 375 g/mol. The van der Waals surface area contributed by atoms with Crippen LogP contribution < -0.4 is 15.6 Å². The minimum Gasteiger partial charge on any atom is -0.483 e. The first kappa shape index (κ1) is 19.3. The molecule has 9 heteroatoms. The van der Waals surface area contributed by atoms with Crippen molar-refractivity contribution in [3.05, 3.63) is 64.2 Å². The van der Waals surface area contributed by atoms with Crippen LogP contribution in [0.1, 0.15) is 5.56 Å². The molecule has 0 fully saturated rings. The highest BCUT2D eigenvalue weighted by Crippen LogP contribution is 2.21. The summed E-state index contributed by atoms with van der Waals surface area (Å²) in [5, 5.41) is 10.6. The molecule has 0 aromatic heterocycles. The predicted octanol–water partition coefficient (Wildman–Crippen LogP) is 2.22. The number of carbonyl (C=O) groups is 2. The number of hydrogen-bond acceptors (Lipinski definition) is 6. The molecule has 0 aliphatic carbocycles. The summed E-state index contributed by atoms with van der Waals surface area (Å²) in [6.45, 7) is 1.64. The molecule has 26 heavy (non-hydrogen) atoms. The van der Waals surface area contributed by atoms with Gasteiger partial charge in [-0.2, -0.15) is 0 Å². The summed E-state index contributed by atoms with van der Waals surface area (Å²) in [5.74, 6) is -0.237. The molecule has 0 unspecified atom stereocenters. The molecule has 2 amide bonds. The number of benzene rings is 2. The number of nitro groups is 1. The highest BCUT2D eigenvalue weighted by molar-refractivity contribution is 8.00. The molecule has 2 aromatic carbocycles. The largest absolute Gasteiger partial charge is 0.483 e. The van der Waals surface area contributed by atoms with Crippen LogP contribution in [0.2, 0.25) is 0 Å². The maximum Gasteiger partial charge on any atom is 0.276 e. The van der Waals surface area contributed by atoms with Crippen LogP contribution in [0.5, 0.6) is 5.75 Å². The van der Waals surface area contributed by atoms with Crippen molar-refractivity contribution >= 4 is 29.3 Å². The molecule has 8 nitrogen and oxygen atoms in total. The van der Waals surface area contributed by atoms with Gasteiger partial charge in [0.1, 0.15) is 5.75 Å². The molecule has 136 valence electrons. The SMILES string of the molecule is Cc1ccccc1OCC(=O)NNC(=O)CSc1ccc([N+](=O)[O-])cc1. The Morgan fingerprint density at radius 2 is 1.73 bits per heavy atom. The smallest absolute Gasteiger partial charge is 0.276 e. The lowest BCUT2D eigenvalue weighted by Crippen LogP contribution is -2.44. The van der Waals surface area contributed by atoms with Crippen molar-refractivity contribution in [2.45, 2.75) is 11.8 Å². The summed E-state index contributed by atoms with van der Waals surface area (Å²) in [6.07, 6.45) is 0. The molecule has 0 aliphatic heterocycles. The summed E-state index contributed by atoms with van der Waals surface area (Å²) in [4.78, 5) is 34.2. The second-order valence-corrected chi connectivity index (χ2v) is 6.24. The minimum absolute atomic E-state index is 0.0142. The molecule has 2 N–H and O–H groups in total. The molecule has 0 spiro atoms. The number of rotatable bonds is 7. The fourth-order valence-corrected chi connectivity index (χ4v) is 2.58. The Morgan fingerprint density at radius 3 is 2.38 bits per heavy atom. The summed E-state index contributed by atoms with van der Waals surface area (Å²) >= 11 is 1.20. The number of ether oxygens (including phenoxy) is 1. The van der Waals surface area contributed by atoms with Gasteiger partial charge in [0.05, 0.1) is 10.7 Å². The molecule has 0 saturated heterocycles. The Kier molecular flexibility index (Phi) is 6.98. The molecule has 2 aromatic rings. The standard InChI is InChI=1S/C17H17N3O5S/c1-12-4-2-3-5-15(12)25-10-16(21)18-19-17(22)11-26-14-8-6-13(7-9-14)20(23)24/h2-9H,10-11H2,1H3,(H,18,21)(H,19,22). The van der Waals surface area contributed by atoms with Crippen LogP contribution in [0.3, 0.4) is 0 Å². The molecule has 0 heterocycles. The minimum atomic E-state index is -0.490. The molecule has 0 bridgehead atoms. The Morgan fingerprint density at radius 1 is 1.08 bits per heavy atom. The van der Waals surface area contributed by atoms with Crippen molar-refractivity contribution in [2.75, 3.05) is 12.4 Å². The molecule has 0 atom stereocenters. The lowest BCUT2D eigenvalue weighted by atomic mass is 10.2. The Balaban J connectivity index is 1.68. The van der Waals surface area contributed by atoms with Crippen LogP contribution in [0, 0.1) is 17.0 Å². The number of hydrazine groups is 1. The van der Waals surface area contributed by atoms with Crippen LogP contribution in [0.25, 0.3) is 0 Å². The van der Waals surface area contributed by atoms with Crippen LogP contribution in [-0.2, 0) is 9.59 Å². The molecule has 2 rings (SSSR count). The summed E-state index contributed by atoms with van der Waals surface area (Å²) in [5.41, 5.74) is 5.44. The van der Waals surface area contributed by atoms with E-state index in [4.69, 9.17) is 4.74 Å². The van der Waals surface area contributed by atoms with E-state index in [1.165, 1.54) is 23.9 Å². The van der Waals surface area contributed by atoms with Gasteiger partial charge in [-0.3, -0.25) is 30.6 Å². The van der Waals surface area contributed by atoms with Crippen molar-refractivity contribution in [1.29, 1.82) is 0 Å². The van der Waals surface area contributed by atoms with E-state index in [-0.39, 0.29) is 18.0 Å². The van der Waals surface area contributed by atoms with Gasteiger partial charge in [0.2, 0.25) is 5.91 Å². The maximum atomic E-state index is 11.7. The van der Waals surface area contributed by atoms with E-state index in [2.05, 4.69) is 10.9 Å². The highest BCUT2D eigenvalue weighted by atomic mass is 32.2. The van der Waals surface area contributed by atoms with Crippen LogP contribution in [0.4, 0.5) is 5.69 Å². The maximum absolute atomic E-state index is 11.7. The van der Waals surface area contributed by atoms with Gasteiger partial charge in [0.15, 0.2) is 6.61 Å². The number of nitrogens with one attached hydrogen (secondary N) is 2. The van der Waals surface area contributed by atoms with Gasteiger partial charge in [0.25, 0.3) is 11.6 Å². The zero-order chi connectivity index (χ0) is 18.9. The van der Waals surface area contributed by atoms with Crippen molar-refractivity contribution in [3.8, 4) is 5.75 Å². The van der Waals surface area contributed by atoms with Gasteiger partial charge in [-0.1, -0.05) is 18.2 Å². The van der Waals surface area contributed by atoms with Crippen LogP contribution in [0.15, 0.2) is 53.4 Å². The Hall–Kier alpha value is -3.07. The number of carbonyl (C=O) groups excluding carboxylic acids is 2. The van der Waals surface area contributed by atoms with E-state index in [0.29, 0.717) is 10.6 Å². The number of thioether (sulfide) groups is 1. The molecule has 0 radical (unpaired) electrons. The first-order valence-corrected chi connectivity index (χ1v) is 8.57. The van der Waals surface area contributed by atoms with Gasteiger partial charge in [-0.05, 0) is 30.7 Å². The van der Waals surface area contributed by atoms with E-state index < -0.39 is 16.7 Å². The van der Waals surface area contributed by atoms with Crippen molar-refractivity contribution < 1.29 is 19.2 Å². The third kappa shape index (κ3) is 6.10. The lowest BCUT2D eigenvalue weighted by Gasteiger charge is -2.10. The van der Waals surface area contributed by atoms with Crippen molar-refractivity contribution in [1.82, 2.24) is 10.9 Å². The zero-order valence-corrected chi connectivity index (χ0v) is 14.7. The van der Waals surface area contributed by atoms with E-state index in [0.717, 1.165) is 5.56 Å². The van der Waals surface area contributed by atoms with Crippen LogP contribution in [-0.4, -0.2) is 29.1 Å². The number of hydrogen-bond donors (Lipinski definition) is 2.